The van der Waals surface area contributed by atoms with Gasteiger partial charge in [0.25, 0.3) is 5.91 Å². The van der Waals surface area contributed by atoms with Crippen LogP contribution in [0.1, 0.15) is 31.4 Å². The van der Waals surface area contributed by atoms with E-state index < -0.39 is 48.8 Å². The van der Waals surface area contributed by atoms with E-state index in [1.807, 2.05) is 0 Å². The van der Waals surface area contributed by atoms with Crippen molar-refractivity contribution in [3.8, 4) is 11.1 Å². The lowest BCUT2D eigenvalue weighted by Gasteiger charge is -2.26. The molecule has 0 unspecified atom stereocenters. The molecular weight excluding hydrogens is 441 g/mol. The molecule has 1 aliphatic heterocycles. The standard InChI is InChI=1S/C22H23F3N4O4/c1-13(27-17(31)8-9-22(23,24)25)20(32)28-18-15-6-3-2-5-14(15)16-7-4-10-26-19(16)29(11-12-30)21(18)33/h2-7,10,13,18,30H,8-9,11-12H2,1H3,(H,27,31)(H,28,32)/t13-,18+/m1/s1. The second-order valence-corrected chi connectivity index (χ2v) is 7.52. The van der Waals surface area contributed by atoms with Gasteiger partial charge in [-0.1, -0.05) is 24.3 Å². The van der Waals surface area contributed by atoms with Crippen LogP contribution in [0, 0.1) is 0 Å². The van der Waals surface area contributed by atoms with Gasteiger partial charge in [0.15, 0.2) is 0 Å². The molecule has 2 heterocycles. The Kier molecular flexibility index (Phi) is 7.32. The van der Waals surface area contributed by atoms with Gasteiger partial charge in [-0.25, -0.2) is 4.98 Å². The zero-order chi connectivity index (χ0) is 24.2. The number of nitrogens with one attached hydrogen (secondary N) is 2. The van der Waals surface area contributed by atoms with Crippen LogP contribution < -0.4 is 15.5 Å². The van der Waals surface area contributed by atoms with E-state index in [9.17, 15) is 32.7 Å². The number of carbonyl (C=O) groups is 3. The van der Waals surface area contributed by atoms with Gasteiger partial charge in [-0.2, -0.15) is 13.2 Å². The van der Waals surface area contributed by atoms with Crippen molar-refractivity contribution >= 4 is 23.5 Å². The van der Waals surface area contributed by atoms with E-state index in [0.29, 0.717) is 22.5 Å². The largest absolute Gasteiger partial charge is 0.395 e. The summed E-state index contributed by atoms with van der Waals surface area (Å²) < 4.78 is 37.0. The summed E-state index contributed by atoms with van der Waals surface area (Å²) in [5.41, 5.74) is 1.78. The first-order chi connectivity index (χ1) is 15.6. The predicted octanol–water partition coefficient (Wildman–Crippen LogP) is 2.09. The molecule has 0 spiro atoms. The fourth-order valence-corrected chi connectivity index (χ4v) is 3.57. The number of β-amino-alcohol motifs (C(OH)–C–C–N with tert-alkyl or cyclic N) is 1. The number of hydrogen-bond acceptors (Lipinski definition) is 5. The van der Waals surface area contributed by atoms with Gasteiger partial charge in [-0.05, 0) is 30.2 Å². The molecule has 3 amide bonds. The van der Waals surface area contributed by atoms with E-state index in [0.717, 1.165) is 0 Å². The second-order valence-electron chi connectivity index (χ2n) is 7.52. The lowest BCUT2D eigenvalue weighted by molar-refractivity contribution is -0.144. The van der Waals surface area contributed by atoms with Crippen LogP contribution in [0.4, 0.5) is 19.0 Å². The lowest BCUT2D eigenvalue weighted by Crippen LogP contribution is -2.50. The number of carbonyl (C=O) groups excluding carboxylic acids is 3. The summed E-state index contributed by atoms with van der Waals surface area (Å²) in [4.78, 5) is 43.5. The van der Waals surface area contributed by atoms with E-state index in [4.69, 9.17) is 0 Å². The third kappa shape index (κ3) is 5.67. The van der Waals surface area contributed by atoms with Crippen LogP contribution in [0.2, 0.25) is 0 Å². The van der Waals surface area contributed by atoms with Crippen molar-refractivity contribution in [2.75, 3.05) is 18.1 Å². The highest BCUT2D eigenvalue weighted by atomic mass is 19.4. The molecule has 2 aromatic rings. The SMILES string of the molecule is C[C@@H](NC(=O)CCC(F)(F)F)C(=O)N[C@@H]1C(=O)N(CCO)c2ncccc2-c2ccccc21. The summed E-state index contributed by atoms with van der Waals surface area (Å²) in [6.07, 6.45) is -5.09. The Labute approximate surface area is 187 Å². The van der Waals surface area contributed by atoms with Crippen molar-refractivity contribution in [3.63, 3.8) is 0 Å². The van der Waals surface area contributed by atoms with Gasteiger partial charge >= 0.3 is 6.18 Å². The van der Waals surface area contributed by atoms with Gasteiger partial charge in [-0.15, -0.1) is 0 Å². The number of aliphatic hydroxyl groups is 1. The molecule has 1 aliphatic rings. The van der Waals surface area contributed by atoms with Crippen molar-refractivity contribution in [3.05, 3.63) is 48.2 Å². The first-order valence-electron chi connectivity index (χ1n) is 10.3. The highest BCUT2D eigenvalue weighted by Crippen LogP contribution is 2.38. The van der Waals surface area contributed by atoms with Crippen LogP contribution in [0.25, 0.3) is 11.1 Å². The van der Waals surface area contributed by atoms with E-state index in [1.54, 1.807) is 36.4 Å². The minimum Gasteiger partial charge on any atom is -0.395 e. The molecule has 33 heavy (non-hydrogen) atoms. The molecule has 1 aromatic carbocycles. The van der Waals surface area contributed by atoms with E-state index in [2.05, 4.69) is 15.6 Å². The number of anilines is 1. The summed E-state index contributed by atoms with van der Waals surface area (Å²) in [7, 11) is 0. The number of hydrogen-bond donors (Lipinski definition) is 3. The van der Waals surface area contributed by atoms with E-state index in [1.165, 1.54) is 18.0 Å². The van der Waals surface area contributed by atoms with Crippen LogP contribution in [-0.2, 0) is 14.4 Å². The topological polar surface area (TPSA) is 112 Å². The fraction of sp³-hybridized carbons (Fsp3) is 0.364. The fourth-order valence-electron chi connectivity index (χ4n) is 3.57. The number of alkyl halides is 3. The quantitative estimate of drug-likeness (QED) is 0.581. The Bertz CT molecular complexity index is 1040. The zero-order valence-electron chi connectivity index (χ0n) is 17.7. The van der Waals surface area contributed by atoms with Crippen molar-refractivity contribution in [1.29, 1.82) is 0 Å². The van der Waals surface area contributed by atoms with Crippen LogP contribution in [-0.4, -0.2) is 53.2 Å². The summed E-state index contributed by atoms with van der Waals surface area (Å²) >= 11 is 0. The number of halogens is 3. The Balaban J connectivity index is 1.85. The number of aromatic nitrogens is 1. The van der Waals surface area contributed by atoms with Crippen LogP contribution >= 0.6 is 0 Å². The zero-order valence-corrected chi connectivity index (χ0v) is 17.7. The van der Waals surface area contributed by atoms with Gasteiger partial charge in [0.1, 0.15) is 17.9 Å². The molecule has 0 fully saturated rings. The number of rotatable bonds is 7. The highest BCUT2D eigenvalue weighted by molar-refractivity contribution is 6.05. The van der Waals surface area contributed by atoms with Crippen LogP contribution in [0.5, 0.6) is 0 Å². The molecular formula is C22H23F3N4O4. The monoisotopic (exact) mass is 464 g/mol. The second kappa shape index (κ2) is 9.99. The molecule has 2 atom stereocenters. The summed E-state index contributed by atoms with van der Waals surface area (Å²) in [6, 6.07) is 8.04. The molecule has 3 rings (SSSR count). The Morgan fingerprint density at radius 1 is 1.18 bits per heavy atom. The molecule has 8 nitrogen and oxygen atoms in total. The Hall–Kier alpha value is -3.47. The molecule has 11 heteroatoms. The number of aliphatic hydroxyl groups excluding tert-OH is 1. The minimum atomic E-state index is -4.49. The van der Waals surface area contributed by atoms with Crippen molar-refractivity contribution < 1.29 is 32.7 Å². The Morgan fingerprint density at radius 3 is 2.58 bits per heavy atom. The lowest BCUT2D eigenvalue weighted by atomic mass is 9.96. The van der Waals surface area contributed by atoms with E-state index >= 15 is 0 Å². The van der Waals surface area contributed by atoms with Gasteiger partial charge in [-0.3, -0.25) is 19.3 Å². The molecule has 0 radical (unpaired) electrons. The van der Waals surface area contributed by atoms with Crippen LogP contribution in [0.15, 0.2) is 42.6 Å². The molecule has 1 aromatic heterocycles. The smallest absolute Gasteiger partial charge is 0.389 e. The van der Waals surface area contributed by atoms with Crippen molar-refractivity contribution in [1.82, 2.24) is 15.6 Å². The number of benzene rings is 1. The highest BCUT2D eigenvalue weighted by Gasteiger charge is 2.36. The molecule has 0 bridgehead atoms. The third-order valence-electron chi connectivity index (χ3n) is 5.13. The molecule has 0 saturated carbocycles. The van der Waals surface area contributed by atoms with Gasteiger partial charge < -0.3 is 15.7 Å². The van der Waals surface area contributed by atoms with E-state index in [-0.39, 0.29) is 13.2 Å². The summed E-state index contributed by atoms with van der Waals surface area (Å²) in [6.45, 7) is 0.910. The van der Waals surface area contributed by atoms with Crippen molar-refractivity contribution in [2.24, 2.45) is 0 Å². The molecule has 3 N–H and O–H groups in total. The maximum atomic E-state index is 13.4. The van der Waals surface area contributed by atoms with Gasteiger partial charge in [0, 0.05) is 18.2 Å². The van der Waals surface area contributed by atoms with Crippen molar-refractivity contribution in [2.45, 2.75) is 38.0 Å². The Morgan fingerprint density at radius 2 is 1.88 bits per heavy atom. The molecule has 0 saturated heterocycles. The normalized spacial score (nSPS) is 16.3. The minimum absolute atomic E-state index is 0.0626. The maximum Gasteiger partial charge on any atom is 0.389 e. The molecule has 0 aliphatic carbocycles. The third-order valence-corrected chi connectivity index (χ3v) is 5.13. The number of nitrogens with zero attached hydrogens (tertiary/aromatic N) is 2. The summed E-state index contributed by atoms with van der Waals surface area (Å²) in [5, 5.41) is 14.3. The first-order valence-corrected chi connectivity index (χ1v) is 10.3. The van der Waals surface area contributed by atoms with Gasteiger partial charge in [0.05, 0.1) is 19.6 Å². The number of amides is 3. The maximum absolute atomic E-state index is 13.4. The average molecular weight is 464 g/mol. The van der Waals surface area contributed by atoms with Gasteiger partial charge in [0.2, 0.25) is 11.8 Å². The predicted molar refractivity (Wildman–Crippen MR) is 113 cm³/mol. The number of fused-ring (bicyclic) bond motifs is 3. The summed E-state index contributed by atoms with van der Waals surface area (Å²) in [5.74, 6) is -1.89. The molecule has 176 valence electrons. The first kappa shape index (κ1) is 24.2. The average Bonchev–Trinajstić information content (AvgIpc) is 2.87. The number of pyridine rings is 1. The van der Waals surface area contributed by atoms with Crippen LogP contribution in [0.3, 0.4) is 0 Å².